The van der Waals surface area contributed by atoms with Crippen LogP contribution in [0.25, 0.3) is 0 Å². The van der Waals surface area contributed by atoms with Crippen molar-refractivity contribution >= 4 is 23.4 Å². The molecule has 10 heteroatoms. The molecule has 32 heavy (non-hydrogen) atoms. The molecule has 4 rings (SSSR count). The number of carbonyl (C=O) groups excluding carboxylic acids is 3. The fourth-order valence-corrected chi connectivity index (χ4v) is 4.03. The summed E-state index contributed by atoms with van der Waals surface area (Å²) in [4.78, 5) is 46.9. The van der Waals surface area contributed by atoms with Crippen molar-refractivity contribution in [2.75, 3.05) is 26.0 Å². The van der Waals surface area contributed by atoms with E-state index in [1.54, 1.807) is 37.2 Å². The van der Waals surface area contributed by atoms with E-state index < -0.39 is 5.91 Å². The van der Waals surface area contributed by atoms with E-state index in [1.807, 2.05) is 0 Å². The maximum Gasteiger partial charge on any atom is 0.275 e. The molecule has 168 valence electrons. The maximum atomic E-state index is 13.2. The Labute approximate surface area is 185 Å². The SMILES string of the molecule is CNC(=O)C[C@H]1CC[C@@H]2[C@@H](COc3ccc(NC(=O)c4cnccn4)cc3C(=O)N2C)O1. The van der Waals surface area contributed by atoms with Gasteiger partial charge in [0.05, 0.1) is 30.3 Å². The standard InChI is InChI=1S/C22H25N5O5/c1-23-20(28)10-14-4-5-17-19(32-14)12-31-18-6-3-13(9-15(18)22(30)27(17)2)26-21(29)16-11-24-7-8-25-16/h3,6-9,11,14,17,19H,4-5,10,12H2,1-2H3,(H,23,28)(H,26,29)/t14-,17-,19-/m1/s1. The smallest absolute Gasteiger partial charge is 0.275 e. The quantitative estimate of drug-likeness (QED) is 0.735. The highest BCUT2D eigenvalue weighted by molar-refractivity contribution is 6.04. The number of hydrogen-bond donors (Lipinski definition) is 2. The molecule has 2 N–H and O–H groups in total. The van der Waals surface area contributed by atoms with Gasteiger partial charge < -0.3 is 25.0 Å². The van der Waals surface area contributed by atoms with Gasteiger partial charge >= 0.3 is 0 Å². The van der Waals surface area contributed by atoms with E-state index in [2.05, 4.69) is 20.6 Å². The van der Waals surface area contributed by atoms with Crippen LogP contribution in [-0.2, 0) is 9.53 Å². The Kier molecular flexibility index (Phi) is 6.31. The molecule has 0 bridgehead atoms. The number of ether oxygens (including phenoxy) is 2. The van der Waals surface area contributed by atoms with Crippen molar-refractivity contribution in [3.05, 3.63) is 48.0 Å². The lowest BCUT2D eigenvalue weighted by atomic mass is 9.94. The fourth-order valence-electron chi connectivity index (χ4n) is 4.03. The normalized spacial score (nSPS) is 22.5. The number of amides is 3. The third-order valence-electron chi connectivity index (χ3n) is 5.76. The van der Waals surface area contributed by atoms with E-state index in [-0.39, 0.29) is 48.8 Å². The van der Waals surface area contributed by atoms with E-state index in [9.17, 15) is 14.4 Å². The average Bonchev–Trinajstić information content (AvgIpc) is 2.82. The molecular weight excluding hydrogens is 414 g/mol. The van der Waals surface area contributed by atoms with Crippen LogP contribution >= 0.6 is 0 Å². The Hall–Kier alpha value is -3.53. The zero-order valence-corrected chi connectivity index (χ0v) is 17.9. The summed E-state index contributed by atoms with van der Waals surface area (Å²) in [6, 6.07) is 4.74. The molecule has 3 atom stereocenters. The average molecular weight is 439 g/mol. The third kappa shape index (κ3) is 4.54. The van der Waals surface area contributed by atoms with Gasteiger partial charge in [-0.05, 0) is 31.0 Å². The first-order valence-electron chi connectivity index (χ1n) is 10.4. The number of anilines is 1. The Bertz CT molecular complexity index is 1020. The third-order valence-corrected chi connectivity index (χ3v) is 5.76. The Morgan fingerprint density at radius 3 is 2.84 bits per heavy atom. The van der Waals surface area contributed by atoms with Gasteiger partial charge in [0.2, 0.25) is 5.91 Å². The Morgan fingerprint density at radius 1 is 1.25 bits per heavy atom. The van der Waals surface area contributed by atoms with E-state index in [0.29, 0.717) is 29.8 Å². The second-order valence-corrected chi connectivity index (χ2v) is 7.80. The van der Waals surface area contributed by atoms with E-state index in [0.717, 1.165) is 0 Å². The second-order valence-electron chi connectivity index (χ2n) is 7.80. The number of nitrogens with one attached hydrogen (secondary N) is 2. The van der Waals surface area contributed by atoms with Crippen LogP contribution in [-0.4, -0.2) is 71.5 Å². The lowest BCUT2D eigenvalue weighted by Gasteiger charge is -2.42. The van der Waals surface area contributed by atoms with E-state index in [4.69, 9.17) is 9.47 Å². The van der Waals surface area contributed by atoms with Crippen LogP contribution in [0.2, 0.25) is 0 Å². The molecule has 0 unspecified atom stereocenters. The first-order valence-corrected chi connectivity index (χ1v) is 10.4. The second kappa shape index (κ2) is 9.31. The molecule has 2 aliphatic rings. The van der Waals surface area contributed by atoms with Crippen molar-refractivity contribution in [2.45, 2.75) is 37.5 Å². The van der Waals surface area contributed by atoms with Crippen LogP contribution < -0.4 is 15.4 Å². The van der Waals surface area contributed by atoms with Gasteiger partial charge in [0, 0.05) is 32.2 Å². The van der Waals surface area contributed by atoms with E-state index in [1.165, 1.54) is 18.6 Å². The predicted octanol–water partition coefficient (Wildman–Crippen LogP) is 1.25. The van der Waals surface area contributed by atoms with Gasteiger partial charge in [-0.2, -0.15) is 0 Å². The minimum atomic E-state index is -0.423. The van der Waals surface area contributed by atoms with Gasteiger partial charge in [0.25, 0.3) is 11.8 Å². The first-order chi connectivity index (χ1) is 15.5. The maximum absolute atomic E-state index is 13.2. The molecule has 10 nitrogen and oxygen atoms in total. The fraction of sp³-hybridized carbons (Fsp3) is 0.409. The Balaban J connectivity index is 1.52. The minimum Gasteiger partial charge on any atom is -0.490 e. The van der Waals surface area contributed by atoms with Crippen LogP contribution in [0.15, 0.2) is 36.8 Å². The summed E-state index contributed by atoms with van der Waals surface area (Å²) in [5.41, 5.74) is 0.982. The summed E-state index contributed by atoms with van der Waals surface area (Å²) in [7, 11) is 3.34. The van der Waals surface area contributed by atoms with Crippen LogP contribution in [0.4, 0.5) is 5.69 Å². The molecule has 2 aliphatic heterocycles. The van der Waals surface area contributed by atoms with Crippen molar-refractivity contribution in [1.82, 2.24) is 20.2 Å². The van der Waals surface area contributed by atoms with Gasteiger partial charge in [-0.25, -0.2) is 4.98 Å². The molecular formula is C22H25N5O5. The highest BCUT2D eigenvalue weighted by Gasteiger charge is 2.39. The number of nitrogens with zero attached hydrogens (tertiary/aromatic N) is 3. The molecule has 0 aliphatic carbocycles. The van der Waals surface area contributed by atoms with Crippen molar-refractivity contribution in [2.24, 2.45) is 0 Å². The van der Waals surface area contributed by atoms with Gasteiger partial charge in [-0.15, -0.1) is 0 Å². The highest BCUT2D eigenvalue weighted by atomic mass is 16.5. The number of likely N-dealkylation sites (N-methyl/N-ethyl adjacent to an activating group) is 1. The van der Waals surface area contributed by atoms with Crippen LogP contribution in [0, 0.1) is 0 Å². The van der Waals surface area contributed by atoms with Crippen LogP contribution in [0.3, 0.4) is 0 Å². The van der Waals surface area contributed by atoms with Gasteiger partial charge in [0.15, 0.2) is 0 Å². The molecule has 3 heterocycles. The molecule has 0 spiro atoms. The molecule has 0 saturated carbocycles. The van der Waals surface area contributed by atoms with Gasteiger partial charge in [-0.3, -0.25) is 19.4 Å². The number of hydrogen-bond acceptors (Lipinski definition) is 7. The van der Waals surface area contributed by atoms with E-state index >= 15 is 0 Å². The van der Waals surface area contributed by atoms with Crippen molar-refractivity contribution in [3.63, 3.8) is 0 Å². The van der Waals surface area contributed by atoms with Crippen LogP contribution in [0.5, 0.6) is 5.75 Å². The zero-order valence-electron chi connectivity index (χ0n) is 17.9. The number of carbonyl (C=O) groups is 3. The summed E-state index contributed by atoms with van der Waals surface area (Å²) in [5.74, 6) is -0.312. The topological polar surface area (TPSA) is 123 Å². The van der Waals surface area contributed by atoms with Gasteiger partial charge in [0.1, 0.15) is 24.2 Å². The Morgan fingerprint density at radius 2 is 2.09 bits per heavy atom. The molecule has 0 radical (unpaired) electrons. The highest BCUT2D eigenvalue weighted by Crippen LogP contribution is 2.32. The lowest BCUT2D eigenvalue weighted by Crippen LogP contribution is -2.53. The monoisotopic (exact) mass is 439 g/mol. The lowest BCUT2D eigenvalue weighted by molar-refractivity contribution is -0.133. The number of aromatic nitrogens is 2. The van der Waals surface area contributed by atoms with Crippen molar-refractivity contribution in [1.29, 1.82) is 0 Å². The summed E-state index contributed by atoms with van der Waals surface area (Å²) < 4.78 is 12.0. The molecule has 1 aromatic carbocycles. The molecule has 1 fully saturated rings. The molecule has 3 amide bonds. The first kappa shape index (κ1) is 21.7. The predicted molar refractivity (Wildman–Crippen MR) is 114 cm³/mol. The van der Waals surface area contributed by atoms with Crippen molar-refractivity contribution < 1.29 is 23.9 Å². The zero-order chi connectivity index (χ0) is 22.7. The van der Waals surface area contributed by atoms with Gasteiger partial charge in [-0.1, -0.05) is 0 Å². The number of benzene rings is 1. The number of rotatable bonds is 4. The van der Waals surface area contributed by atoms with Crippen molar-refractivity contribution in [3.8, 4) is 5.75 Å². The molecule has 1 saturated heterocycles. The van der Waals surface area contributed by atoms with Crippen LogP contribution in [0.1, 0.15) is 40.1 Å². The summed E-state index contributed by atoms with van der Waals surface area (Å²) in [6.45, 7) is 0.255. The molecule has 2 aromatic rings. The number of fused-ring (bicyclic) bond motifs is 2. The summed E-state index contributed by atoms with van der Waals surface area (Å²) in [6.07, 6.45) is 5.40. The largest absolute Gasteiger partial charge is 0.490 e. The summed E-state index contributed by atoms with van der Waals surface area (Å²) >= 11 is 0. The molecule has 1 aromatic heterocycles. The minimum absolute atomic E-state index is 0.0777. The summed E-state index contributed by atoms with van der Waals surface area (Å²) in [5, 5.41) is 5.35.